The molecule has 2 spiro atoms. The van der Waals surface area contributed by atoms with Crippen molar-refractivity contribution in [2.45, 2.75) is 123 Å². The minimum atomic E-state index is -0.967. The van der Waals surface area contributed by atoms with Gasteiger partial charge in [0.1, 0.15) is 11.2 Å². The van der Waals surface area contributed by atoms with Crippen LogP contribution in [-0.2, 0) is 26.3 Å². The van der Waals surface area contributed by atoms with E-state index in [1.165, 1.54) is 17.6 Å². The molecule has 1 aromatic rings. The molecule has 3 saturated heterocycles. The minimum absolute atomic E-state index is 0.118. The average molecular weight is 746 g/mol. The van der Waals surface area contributed by atoms with Crippen LogP contribution in [0.3, 0.4) is 0 Å². The predicted molar refractivity (Wildman–Crippen MR) is 214 cm³/mol. The number of esters is 2. The van der Waals surface area contributed by atoms with Crippen LogP contribution >= 0.6 is 0 Å². The van der Waals surface area contributed by atoms with E-state index in [2.05, 4.69) is 86.9 Å². The molecular weight excluding hydrogens is 683 g/mol. The van der Waals surface area contributed by atoms with Crippen LogP contribution in [0, 0.1) is 52.3 Å². The highest BCUT2D eigenvalue weighted by atomic mass is 16.6. The van der Waals surface area contributed by atoms with Gasteiger partial charge in [-0.25, -0.2) is 4.79 Å². The smallest absolute Gasteiger partial charge is 0.339 e. The molecule has 12 aliphatic rings. The zero-order valence-electron chi connectivity index (χ0n) is 33.9. The summed E-state index contributed by atoms with van der Waals surface area (Å²) in [6, 6.07) is 7.11. The van der Waals surface area contributed by atoms with Crippen molar-refractivity contribution in [3.05, 3.63) is 81.8 Å². The van der Waals surface area contributed by atoms with Gasteiger partial charge >= 0.3 is 11.9 Å². The van der Waals surface area contributed by atoms with Crippen molar-refractivity contribution < 1.29 is 19.1 Å². The molecule has 9 heterocycles. The van der Waals surface area contributed by atoms with Crippen molar-refractivity contribution in [3.8, 4) is 0 Å². The van der Waals surface area contributed by atoms with Gasteiger partial charge in [-0.2, -0.15) is 0 Å². The SMILES string of the molecule is CC(C)CCC(C)CC1C23C=C4CCC2(C(=CCC(C)N2CC5CC(C2)C2C=CC6=C(C4CC(C)C6)N2C5)OC3=O)C12OC(=O)c1c(CCCN)cccc12. The van der Waals surface area contributed by atoms with Gasteiger partial charge in [-0.15, -0.1) is 0 Å². The fourth-order valence-corrected chi connectivity index (χ4v) is 14.1. The maximum absolute atomic E-state index is 15.3. The van der Waals surface area contributed by atoms with Crippen molar-refractivity contribution in [1.29, 1.82) is 0 Å². The molecule has 7 heteroatoms. The number of piperidine rings is 2. The number of rotatable bonds is 8. The van der Waals surface area contributed by atoms with Crippen LogP contribution < -0.4 is 5.73 Å². The van der Waals surface area contributed by atoms with Crippen molar-refractivity contribution >= 4 is 11.9 Å². The Labute approximate surface area is 328 Å². The van der Waals surface area contributed by atoms with E-state index in [0.717, 1.165) is 106 Å². The van der Waals surface area contributed by atoms with Crippen LogP contribution in [0.5, 0.6) is 0 Å². The van der Waals surface area contributed by atoms with Crippen LogP contribution in [0.15, 0.2) is 65.1 Å². The average Bonchev–Trinajstić information content (AvgIpc) is 3.61. The molecular formula is C48H63N3O4. The molecule has 0 aromatic heterocycles. The lowest BCUT2D eigenvalue weighted by Crippen LogP contribution is -2.75. The molecule has 12 atom stereocenters. The van der Waals surface area contributed by atoms with Gasteiger partial charge in [0.05, 0.1) is 17.0 Å². The number of nitrogens with two attached hydrogens (primary N) is 1. The maximum Gasteiger partial charge on any atom is 0.339 e. The molecule has 1 aromatic carbocycles. The highest BCUT2D eigenvalue weighted by Gasteiger charge is 2.91. The highest BCUT2D eigenvalue weighted by molar-refractivity contribution is 5.99. The van der Waals surface area contributed by atoms with E-state index in [9.17, 15) is 4.79 Å². The summed E-state index contributed by atoms with van der Waals surface area (Å²) in [5.74, 6) is 3.28. The molecule has 7 nitrogen and oxygen atoms in total. The summed E-state index contributed by atoms with van der Waals surface area (Å²) >= 11 is 0. The first-order valence-electron chi connectivity index (χ1n) is 22.1. The molecule has 4 fully saturated rings. The summed E-state index contributed by atoms with van der Waals surface area (Å²) in [5.41, 5.74) is 10.6. The van der Waals surface area contributed by atoms with Crippen LogP contribution in [0.4, 0.5) is 0 Å². The Balaban J connectivity index is 1.20. The van der Waals surface area contributed by atoms with Gasteiger partial charge in [0.25, 0.3) is 0 Å². The predicted octanol–water partition coefficient (Wildman–Crippen LogP) is 8.45. The summed E-state index contributed by atoms with van der Waals surface area (Å²) < 4.78 is 13.9. The van der Waals surface area contributed by atoms with Gasteiger partial charge in [-0.05, 0) is 118 Å². The zero-order chi connectivity index (χ0) is 38.0. The van der Waals surface area contributed by atoms with Gasteiger partial charge in [0, 0.05) is 48.8 Å². The van der Waals surface area contributed by atoms with Crippen LogP contribution in [0.1, 0.15) is 120 Å². The summed E-state index contributed by atoms with van der Waals surface area (Å²) in [5, 5.41) is 0. The Morgan fingerprint density at radius 2 is 1.91 bits per heavy atom. The van der Waals surface area contributed by atoms with Crippen LogP contribution in [0.25, 0.3) is 0 Å². The molecule has 55 heavy (non-hydrogen) atoms. The number of carbonyl (C=O) groups is 2. The zero-order valence-corrected chi connectivity index (χ0v) is 33.9. The van der Waals surface area contributed by atoms with E-state index >= 15 is 4.79 Å². The van der Waals surface area contributed by atoms with E-state index < -0.39 is 16.4 Å². The second-order valence-corrected chi connectivity index (χ2v) is 20.1. The van der Waals surface area contributed by atoms with Crippen molar-refractivity contribution in [2.24, 2.45) is 58.0 Å². The molecule has 9 aliphatic heterocycles. The third-order valence-electron chi connectivity index (χ3n) is 16.4. The third kappa shape index (κ3) is 4.87. The first kappa shape index (κ1) is 36.2. The van der Waals surface area contributed by atoms with E-state index in [0.29, 0.717) is 48.2 Å². The first-order chi connectivity index (χ1) is 26.5. The summed E-state index contributed by atoms with van der Waals surface area (Å²) in [6.45, 7) is 15.7. The molecule has 0 radical (unpaired) electrons. The number of hydrogen-bond donors (Lipinski definition) is 1. The Hall–Kier alpha value is -3.16. The number of ether oxygens (including phenoxy) is 2. The lowest BCUT2D eigenvalue weighted by molar-refractivity contribution is -0.274. The van der Waals surface area contributed by atoms with Gasteiger partial charge in [0.2, 0.25) is 0 Å². The summed E-state index contributed by atoms with van der Waals surface area (Å²) in [4.78, 5) is 35.4. The summed E-state index contributed by atoms with van der Waals surface area (Å²) in [6.07, 6.45) is 20.3. The van der Waals surface area contributed by atoms with Crippen molar-refractivity contribution in [1.82, 2.24) is 9.80 Å². The minimum Gasteiger partial charge on any atom is -0.449 e. The van der Waals surface area contributed by atoms with E-state index in [4.69, 9.17) is 15.2 Å². The number of allylic oxidation sites excluding steroid dienone is 3. The largest absolute Gasteiger partial charge is 0.449 e. The van der Waals surface area contributed by atoms with E-state index in [1.807, 2.05) is 0 Å². The molecule has 13 rings (SSSR count). The number of fused-ring (bicyclic) bond motifs is 2. The van der Waals surface area contributed by atoms with Crippen LogP contribution in [0.2, 0.25) is 0 Å². The second-order valence-electron chi connectivity index (χ2n) is 20.1. The number of nitrogens with zero attached hydrogens (tertiary/aromatic N) is 2. The Morgan fingerprint density at radius 1 is 1.05 bits per heavy atom. The molecule has 12 unspecified atom stereocenters. The topological polar surface area (TPSA) is 85.1 Å². The molecule has 1 saturated carbocycles. The number of benzene rings is 1. The number of carbonyl (C=O) groups excluding carboxylic acids is 2. The van der Waals surface area contributed by atoms with Crippen molar-refractivity contribution in [2.75, 3.05) is 26.2 Å². The molecule has 2 N–H and O–H groups in total. The normalized spacial score (nSPS) is 41.0. The van der Waals surface area contributed by atoms with Crippen LogP contribution in [-0.4, -0.2) is 60.0 Å². The molecule has 10 bridgehead atoms. The van der Waals surface area contributed by atoms with Gasteiger partial charge in [-0.3, -0.25) is 9.69 Å². The fourth-order valence-electron chi connectivity index (χ4n) is 14.1. The molecule has 0 amide bonds. The first-order valence-corrected chi connectivity index (χ1v) is 22.1. The quantitative estimate of drug-likeness (QED) is 0.211. The molecule has 3 aliphatic carbocycles. The number of hydrogen-bond acceptors (Lipinski definition) is 7. The monoisotopic (exact) mass is 745 g/mol. The maximum atomic E-state index is 15.3. The lowest BCUT2D eigenvalue weighted by Gasteiger charge is -2.69. The second kappa shape index (κ2) is 12.9. The summed E-state index contributed by atoms with van der Waals surface area (Å²) in [7, 11) is 0. The fraction of sp³-hybridized carbons (Fsp3) is 0.667. The van der Waals surface area contributed by atoms with Gasteiger partial charge < -0.3 is 20.1 Å². The van der Waals surface area contributed by atoms with Gasteiger partial charge in [-0.1, -0.05) is 82.5 Å². The third-order valence-corrected chi connectivity index (χ3v) is 16.4. The van der Waals surface area contributed by atoms with Gasteiger partial charge in [0.15, 0.2) is 5.60 Å². The Morgan fingerprint density at radius 3 is 2.73 bits per heavy atom. The van der Waals surface area contributed by atoms with E-state index in [1.54, 1.807) is 5.70 Å². The van der Waals surface area contributed by atoms with Crippen molar-refractivity contribution in [3.63, 3.8) is 0 Å². The van der Waals surface area contributed by atoms with E-state index in [-0.39, 0.29) is 23.8 Å². The lowest BCUT2D eigenvalue weighted by atomic mass is 9.31. The standard InChI is InChI=1S/C48H63N3O4/c1-28(2)11-12-29(3)22-40-46-24-35-17-18-47(46,48(40)38-10-6-8-33(9-7-19-49)42(38)44(52)55-48)41(54-45(46)53)16-13-31(5)50-25-32-23-36(27-50)39-15-14-34-20-30(4)21-37(35)43(34)51(39)26-32/h6,8,10,14-16,24,28-32,36-37,39-40H,7,9,11-13,17-23,25-27,49H2,1-5H3. The highest BCUT2D eigenvalue weighted by Crippen LogP contribution is 2.85. The Kier molecular flexibility index (Phi) is 8.51. The number of aryl methyl sites for hydroxylation is 1. The Bertz CT molecular complexity index is 1930. The molecule has 294 valence electrons.